The van der Waals surface area contributed by atoms with Crippen LogP contribution < -0.4 is 16.0 Å². The lowest BCUT2D eigenvalue weighted by atomic mass is 10.1. The molecule has 0 radical (unpaired) electrons. The van der Waals surface area contributed by atoms with E-state index in [-0.39, 0.29) is 24.1 Å². The molecule has 0 bridgehead atoms. The molecule has 0 spiro atoms. The molecule has 0 aliphatic rings. The molecule has 0 saturated heterocycles. The van der Waals surface area contributed by atoms with Crippen molar-refractivity contribution in [2.24, 2.45) is 0 Å². The summed E-state index contributed by atoms with van der Waals surface area (Å²) in [6, 6.07) is 13.7. The fourth-order valence-electron chi connectivity index (χ4n) is 2.20. The molecule has 0 aliphatic heterocycles. The van der Waals surface area contributed by atoms with Crippen molar-refractivity contribution in [3.8, 4) is 0 Å². The maximum atomic E-state index is 12.2. The minimum Gasteiger partial charge on any atom is -0.355 e. The highest BCUT2D eigenvalue weighted by Gasteiger charge is 2.12. The van der Waals surface area contributed by atoms with Gasteiger partial charge in [-0.15, -0.1) is 0 Å². The van der Waals surface area contributed by atoms with Crippen LogP contribution in [-0.4, -0.2) is 24.8 Å². The van der Waals surface area contributed by atoms with Crippen LogP contribution in [0.15, 0.2) is 61.2 Å². The third-order valence-electron chi connectivity index (χ3n) is 3.44. The molecule has 3 amide bonds. The van der Waals surface area contributed by atoms with Crippen LogP contribution in [0, 0.1) is 0 Å². The summed E-state index contributed by atoms with van der Waals surface area (Å²) in [4.78, 5) is 35.3. The average molecular weight is 337 g/mol. The van der Waals surface area contributed by atoms with Gasteiger partial charge in [0.2, 0.25) is 11.8 Å². The van der Waals surface area contributed by atoms with Crippen molar-refractivity contribution in [1.29, 1.82) is 0 Å². The Labute approximate surface area is 145 Å². The molecule has 25 heavy (non-hydrogen) atoms. The van der Waals surface area contributed by atoms with Gasteiger partial charge in [0, 0.05) is 12.7 Å². The van der Waals surface area contributed by atoms with Gasteiger partial charge in [-0.3, -0.25) is 14.4 Å². The summed E-state index contributed by atoms with van der Waals surface area (Å²) in [6.45, 7) is 3.39. The third-order valence-corrected chi connectivity index (χ3v) is 3.44. The summed E-state index contributed by atoms with van der Waals surface area (Å²) in [5.41, 5.74) is 2.27. The number of rotatable bonds is 6. The minimum atomic E-state index is -0.295. The van der Waals surface area contributed by atoms with Crippen LogP contribution in [0.2, 0.25) is 0 Å². The summed E-state index contributed by atoms with van der Waals surface area (Å²) in [6.07, 6.45) is 1.34. The quantitative estimate of drug-likeness (QED) is 0.707. The fraction of sp³-hybridized carbons (Fsp3) is 0.105. The molecule has 3 N–H and O–H groups in total. The summed E-state index contributed by atoms with van der Waals surface area (Å²) in [5.74, 6) is -0.797. The molecular weight excluding hydrogens is 318 g/mol. The summed E-state index contributed by atoms with van der Waals surface area (Å²) < 4.78 is 0. The Balaban J connectivity index is 2.02. The topological polar surface area (TPSA) is 87.3 Å². The van der Waals surface area contributed by atoms with Crippen LogP contribution in [0.25, 0.3) is 0 Å². The van der Waals surface area contributed by atoms with Gasteiger partial charge in [0.05, 0.1) is 17.7 Å². The number of hydrogen-bond acceptors (Lipinski definition) is 3. The first-order chi connectivity index (χ1) is 12.0. The van der Waals surface area contributed by atoms with Gasteiger partial charge < -0.3 is 16.0 Å². The van der Waals surface area contributed by atoms with E-state index < -0.39 is 0 Å². The molecule has 0 atom stereocenters. The first-order valence-corrected chi connectivity index (χ1v) is 7.67. The van der Waals surface area contributed by atoms with Gasteiger partial charge in [-0.2, -0.15) is 0 Å². The predicted octanol–water partition coefficient (Wildman–Crippen LogP) is 2.35. The van der Waals surface area contributed by atoms with Crippen LogP contribution >= 0.6 is 0 Å². The van der Waals surface area contributed by atoms with Crippen LogP contribution in [0.5, 0.6) is 0 Å². The number of carbonyl (C=O) groups excluding carboxylic acids is 3. The summed E-state index contributed by atoms with van der Waals surface area (Å²) >= 11 is 0. The zero-order chi connectivity index (χ0) is 18.2. The molecule has 0 aliphatic carbocycles. The van der Waals surface area contributed by atoms with Crippen LogP contribution in [0.4, 0.5) is 11.4 Å². The Morgan fingerprint density at radius 2 is 1.68 bits per heavy atom. The number of carbonyl (C=O) groups is 3. The number of anilines is 2. The van der Waals surface area contributed by atoms with Crippen molar-refractivity contribution < 1.29 is 14.4 Å². The lowest BCUT2D eigenvalue weighted by Gasteiger charge is -2.10. The molecule has 0 unspecified atom stereocenters. The highest BCUT2D eigenvalue weighted by atomic mass is 16.2. The van der Waals surface area contributed by atoms with Crippen molar-refractivity contribution >= 4 is 29.1 Å². The highest BCUT2D eigenvalue weighted by Crippen LogP contribution is 2.16. The largest absolute Gasteiger partial charge is 0.355 e. The van der Waals surface area contributed by atoms with Crippen molar-refractivity contribution in [3.05, 3.63) is 72.3 Å². The Morgan fingerprint density at radius 3 is 2.32 bits per heavy atom. The molecule has 0 saturated carbocycles. The molecule has 6 nitrogen and oxygen atoms in total. The van der Waals surface area contributed by atoms with Gasteiger partial charge >= 0.3 is 0 Å². The number of hydrogen-bond donors (Lipinski definition) is 3. The third kappa shape index (κ3) is 5.04. The Morgan fingerprint density at radius 1 is 1.00 bits per heavy atom. The van der Waals surface area contributed by atoms with Gasteiger partial charge in [-0.05, 0) is 35.9 Å². The van der Waals surface area contributed by atoms with Crippen molar-refractivity contribution in [2.75, 3.05) is 17.7 Å². The van der Waals surface area contributed by atoms with E-state index in [1.165, 1.54) is 13.1 Å². The van der Waals surface area contributed by atoms with E-state index in [0.717, 1.165) is 5.56 Å². The van der Waals surface area contributed by atoms with Crippen LogP contribution in [0.1, 0.15) is 15.9 Å². The van der Waals surface area contributed by atoms with E-state index in [1.807, 2.05) is 0 Å². The molecule has 2 rings (SSSR count). The van der Waals surface area contributed by atoms with Gasteiger partial charge in [-0.25, -0.2) is 0 Å². The van der Waals surface area contributed by atoms with E-state index >= 15 is 0 Å². The maximum Gasteiger partial charge on any atom is 0.253 e. The Kier molecular flexibility index (Phi) is 6.06. The molecular formula is C19H19N3O3. The fourth-order valence-corrected chi connectivity index (χ4v) is 2.20. The average Bonchev–Trinajstić information content (AvgIpc) is 2.63. The number of benzene rings is 2. The first-order valence-electron chi connectivity index (χ1n) is 7.67. The Hall–Kier alpha value is -3.41. The zero-order valence-electron chi connectivity index (χ0n) is 13.8. The van der Waals surface area contributed by atoms with Crippen molar-refractivity contribution in [1.82, 2.24) is 5.32 Å². The second kappa shape index (κ2) is 8.44. The SMILES string of the molecule is C=CC(=O)Nc1ccc(CC(=O)Nc2ccccc2C(=O)NC)cc1. The molecule has 0 aromatic heterocycles. The van der Waals surface area contributed by atoms with Gasteiger partial charge in [-0.1, -0.05) is 30.8 Å². The van der Waals surface area contributed by atoms with Crippen molar-refractivity contribution in [2.45, 2.75) is 6.42 Å². The van der Waals surface area contributed by atoms with E-state index in [1.54, 1.807) is 48.5 Å². The van der Waals surface area contributed by atoms with Crippen molar-refractivity contribution in [3.63, 3.8) is 0 Å². The van der Waals surface area contributed by atoms with E-state index in [9.17, 15) is 14.4 Å². The molecule has 128 valence electrons. The number of nitrogens with one attached hydrogen (secondary N) is 3. The normalized spacial score (nSPS) is 9.80. The van der Waals surface area contributed by atoms with Gasteiger partial charge in [0.1, 0.15) is 0 Å². The first kappa shape index (κ1) is 17.9. The molecule has 2 aromatic rings. The molecule has 6 heteroatoms. The maximum absolute atomic E-state index is 12.2. The standard InChI is InChI=1S/C19H19N3O3/c1-3-17(23)21-14-10-8-13(9-11-14)12-18(24)22-16-7-5-4-6-15(16)19(25)20-2/h3-11H,1,12H2,2H3,(H,20,25)(H,21,23)(H,22,24). The smallest absolute Gasteiger partial charge is 0.253 e. The van der Waals surface area contributed by atoms with Gasteiger partial charge in [0.15, 0.2) is 0 Å². The minimum absolute atomic E-state index is 0.151. The van der Waals surface area contributed by atoms with Gasteiger partial charge in [0.25, 0.3) is 5.91 Å². The monoisotopic (exact) mass is 337 g/mol. The van der Waals surface area contributed by atoms with E-state index in [2.05, 4.69) is 22.5 Å². The highest BCUT2D eigenvalue weighted by molar-refractivity contribution is 6.04. The number of para-hydroxylation sites is 1. The zero-order valence-corrected chi connectivity index (χ0v) is 13.8. The summed E-state index contributed by atoms with van der Waals surface area (Å²) in [5, 5.41) is 7.92. The number of amides is 3. The van der Waals surface area contributed by atoms with E-state index in [0.29, 0.717) is 16.9 Å². The second-order valence-electron chi connectivity index (χ2n) is 5.24. The Bertz CT molecular complexity index is 798. The molecule has 2 aromatic carbocycles. The summed E-state index contributed by atoms with van der Waals surface area (Å²) in [7, 11) is 1.54. The predicted molar refractivity (Wildman–Crippen MR) is 97.4 cm³/mol. The molecule has 0 fully saturated rings. The second-order valence-corrected chi connectivity index (χ2v) is 5.24. The molecule has 0 heterocycles. The van der Waals surface area contributed by atoms with E-state index in [4.69, 9.17) is 0 Å². The lowest BCUT2D eigenvalue weighted by molar-refractivity contribution is -0.115. The van der Waals surface area contributed by atoms with Crippen LogP contribution in [-0.2, 0) is 16.0 Å². The lowest BCUT2D eigenvalue weighted by Crippen LogP contribution is -2.22. The van der Waals surface area contributed by atoms with Crippen LogP contribution in [0.3, 0.4) is 0 Å².